The number of rotatable bonds is 4. The van der Waals surface area contributed by atoms with Crippen LogP contribution >= 0.6 is 0 Å². The molecule has 5 heterocycles. The Kier molecular flexibility index (Phi) is 6.68. The summed E-state index contributed by atoms with van der Waals surface area (Å²) in [6.07, 6.45) is 5.08. The first kappa shape index (κ1) is 25.1. The summed E-state index contributed by atoms with van der Waals surface area (Å²) in [5.74, 6) is 0. The van der Waals surface area contributed by atoms with Crippen LogP contribution in [0, 0.1) is 11.3 Å². The quantitative estimate of drug-likeness (QED) is 0.571. The van der Waals surface area contributed by atoms with Crippen LogP contribution in [0.3, 0.4) is 0 Å². The van der Waals surface area contributed by atoms with Gasteiger partial charge in [0.05, 0.1) is 35.2 Å². The lowest BCUT2D eigenvalue weighted by Gasteiger charge is -2.50. The Labute approximate surface area is 225 Å². The van der Waals surface area contributed by atoms with Crippen LogP contribution in [0.25, 0.3) is 10.9 Å². The lowest BCUT2D eigenvalue weighted by molar-refractivity contribution is -0.0361. The van der Waals surface area contributed by atoms with E-state index in [2.05, 4.69) is 76.2 Å². The van der Waals surface area contributed by atoms with Gasteiger partial charge in [0.2, 0.25) is 0 Å². The zero-order valence-electron chi connectivity index (χ0n) is 22.7. The van der Waals surface area contributed by atoms with Crippen molar-refractivity contribution in [3.05, 3.63) is 59.5 Å². The SMILES string of the molecule is C[C@@H]1CN(c2ccc(C#N)c3ncccc23)C[C@H](CN2CCN(c3cnc4c(c3)CNCC4)C(C)(C)C2)O1. The number of morpholine rings is 1. The van der Waals surface area contributed by atoms with Crippen LogP contribution in [0.1, 0.15) is 37.6 Å². The van der Waals surface area contributed by atoms with Gasteiger partial charge in [-0.05, 0) is 56.7 Å². The summed E-state index contributed by atoms with van der Waals surface area (Å²) in [6.45, 7) is 14.2. The summed E-state index contributed by atoms with van der Waals surface area (Å²) in [7, 11) is 0. The van der Waals surface area contributed by atoms with Gasteiger partial charge in [0.15, 0.2) is 0 Å². The molecule has 3 aromatic rings. The summed E-state index contributed by atoms with van der Waals surface area (Å²) in [5, 5.41) is 14.1. The summed E-state index contributed by atoms with van der Waals surface area (Å²) >= 11 is 0. The average molecular weight is 512 g/mol. The third-order valence-electron chi connectivity index (χ3n) is 8.19. The number of hydrogen-bond acceptors (Lipinski definition) is 8. The minimum absolute atomic E-state index is 0.00870. The van der Waals surface area contributed by atoms with Gasteiger partial charge in [0, 0.05) is 87.3 Å². The first-order chi connectivity index (χ1) is 18.4. The van der Waals surface area contributed by atoms with Gasteiger partial charge in [-0.15, -0.1) is 0 Å². The van der Waals surface area contributed by atoms with Crippen LogP contribution < -0.4 is 15.1 Å². The number of anilines is 2. The maximum atomic E-state index is 9.55. The van der Waals surface area contributed by atoms with E-state index in [4.69, 9.17) is 9.72 Å². The Morgan fingerprint density at radius 1 is 1.18 bits per heavy atom. The van der Waals surface area contributed by atoms with E-state index in [0.29, 0.717) is 5.56 Å². The van der Waals surface area contributed by atoms with Gasteiger partial charge in [-0.1, -0.05) is 0 Å². The summed E-state index contributed by atoms with van der Waals surface area (Å²) < 4.78 is 6.46. The van der Waals surface area contributed by atoms with Crippen LogP contribution in [0.5, 0.6) is 0 Å². The Bertz CT molecular complexity index is 1370. The highest BCUT2D eigenvalue weighted by molar-refractivity contribution is 5.95. The Hall–Kier alpha value is -3.25. The second-order valence-electron chi connectivity index (χ2n) is 11.5. The molecule has 198 valence electrons. The number of benzene rings is 1. The van der Waals surface area contributed by atoms with Crippen LogP contribution in [0.4, 0.5) is 11.4 Å². The highest BCUT2D eigenvalue weighted by Crippen LogP contribution is 2.32. The standard InChI is InChI=1S/C30H37N7O/c1-21-17-36(28-7-6-22(14-31)29-26(28)5-4-9-33-29)19-25(38-21)18-35-11-12-37(30(2,3)20-35)24-13-23-15-32-10-8-27(23)34-16-24/h4-7,9,13,16,21,25,32H,8,10-12,15,17-20H2,1-3H3/t21-,25+/m1/s1. The fourth-order valence-electron chi connectivity index (χ4n) is 6.53. The van der Waals surface area contributed by atoms with E-state index in [0.717, 1.165) is 75.4 Å². The van der Waals surface area contributed by atoms with Gasteiger partial charge >= 0.3 is 0 Å². The van der Waals surface area contributed by atoms with Gasteiger partial charge in [-0.2, -0.15) is 5.26 Å². The predicted molar refractivity (Wildman–Crippen MR) is 151 cm³/mol. The smallest absolute Gasteiger partial charge is 0.101 e. The number of nitriles is 1. The van der Waals surface area contributed by atoms with Gasteiger partial charge < -0.3 is 19.9 Å². The largest absolute Gasteiger partial charge is 0.370 e. The zero-order chi connectivity index (χ0) is 26.3. The third-order valence-corrected chi connectivity index (χ3v) is 8.19. The van der Waals surface area contributed by atoms with E-state index < -0.39 is 0 Å². The van der Waals surface area contributed by atoms with Gasteiger partial charge in [0.1, 0.15) is 6.07 Å². The maximum absolute atomic E-state index is 9.55. The van der Waals surface area contributed by atoms with E-state index >= 15 is 0 Å². The fourth-order valence-corrected chi connectivity index (χ4v) is 6.53. The molecule has 0 saturated carbocycles. The second-order valence-corrected chi connectivity index (χ2v) is 11.5. The number of aromatic nitrogens is 2. The molecule has 0 bridgehead atoms. The molecule has 0 spiro atoms. The Morgan fingerprint density at radius 3 is 2.92 bits per heavy atom. The fraction of sp³-hybridized carbons (Fsp3) is 0.500. The van der Waals surface area contributed by atoms with E-state index in [1.54, 1.807) is 6.20 Å². The minimum atomic E-state index is -0.00870. The van der Waals surface area contributed by atoms with Crippen molar-refractivity contribution in [1.82, 2.24) is 20.2 Å². The van der Waals surface area contributed by atoms with Crippen molar-refractivity contribution in [3.63, 3.8) is 0 Å². The van der Waals surface area contributed by atoms with E-state index in [-0.39, 0.29) is 17.7 Å². The maximum Gasteiger partial charge on any atom is 0.101 e. The van der Waals surface area contributed by atoms with Gasteiger partial charge in [-0.25, -0.2) is 0 Å². The number of hydrogen-bond donors (Lipinski definition) is 1. The zero-order valence-corrected chi connectivity index (χ0v) is 22.7. The monoisotopic (exact) mass is 511 g/mol. The van der Waals surface area contributed by atoms with Gasteiger partial charge in [-0.3, -0.25) is 14.9 Å². The molecule has 2 atom stereocenters. The highest BCUT2D eigenvalue weighted by atomic mass is 16.5. The highest BCUT2D eigenvalue weighted by Gasteiger charge is 2.36. The number of ether oxygens (including phenoxy) is 1. The number of piperazine rings is 1. The number of nitrogens with one attached hydrogen (secondary N) is 1. The molecule has 3 aliphatic heterocycles. The van der Waals surface area contributed by atoms with Crippen LogP contribution in [0.2, 0.25) is 0 Å². The van der Waals surface area contributed by atoms with E-state index in [1.807, 2.05) is 12.1 Å². The lowest BCUT2D eigenvalue weighted by Crippen LogP contribution is -2.61. The topological polar surface area (TPSA) is 80.6 Å². The number of nitrogens with zero attached hydrogens (tertiary/aromatic N) is 6. The van der Waals surface area contributed by atoms with Crippen molar-refractivity contribution in [2.24, 2.45) is 0 Å². The second kappa shape index (κ2) is 10.1. The first-order valence-corrected chi connectivity index (χ1v) is 13.8. The van der Waals surface area contributed by atoms with Crippen molar-refractivity contribution < 1.29 is 4.74 Å². The molecule has 1 aromatic carbocycles. The normalized spacial score (nSPS) is 23.7. The molecule has 1 N–H and O–H groups in total. The molecule has 6 rings (SSSR count). The van der Waals surface area contributed by atoms with Crippen molar-refractivity contribution in [1.29, 1.82) is 5.26 Å². The van der Waals surface area contributed by atoms with Gasteiger partial charge in [0.25, 0.3) is 0 Å². The average Bonchev–Trinajstić information content (AvgIpc) is 2.91. The lowest BCUT2D eigenvalue weighted by atomic mass is 9.96. The van der Waals surface area contributed by atoms with Crippen LogP contribution in [-0.4, -0.2) is 78.4 Å². The van der Waals surface area contributed by atoms with Crippen molar-refractivity contribution in [2.45, 2.75) is 51.5 Å². The Morgan fingerprint density at radius 2 is 2.08 bits per heavy atom. The molecule has 38 heavy (non-hydrogen) atoms. The summed E-state index contributed by atoms with van der Waals surface area (Å²) in [4.78, 5) is 16.8. The molecule has 8 heteroatoms. The molecule has 0 aliphatic carbocycles. The molecule has 3 aliphatic rings. The first-order valence-electron chi connectivity index (χ1n) is 13.8. The molecule has 2 saturated heterocycles. The van der Waals surface area contributed by atoms with Crippen LogP contribution in [0.15, 0.2) is 42.7 Å². The summed E-state index contributed by atoms with van der Waals surface area (Å²) in [6, 6.07) is 12.6. The predicted octanol–water partition coefficient (Wildman–Crippen LogP) is 3.34. The van der Waals surface area contributed by atoms with E-state index in [1.165, 1.54) is 16.9 Å². The third kappa shape index (κ3) is 4.82. The Balaban J connectivity index is 1.16. The molecule has 0 unspecified atom stereocenters. The molecular weight excluding hydrogens is 474 g/mol. The van der Waals surface area contributed by atoms with Crippen molar-refractivity contribution >= 4 is 22.3 Å². The minimum Gasteiger partial charge on any atom is -0.370 e. The molecule has 0 radical (unpaired) electrons. The van der Waals surface area contributed by atoms with E-state index in [9.17, 15) is 5.26 Å². The number of pyridine rings is 2. The summed E-state index contributed by atoms with van der Waals surface area (Å²) in [5.41, 5.74) is 6.32. The molecular formula is C30H37N7O. The van der Waals surface area contributed by atoms with Crippen molar-refractivity contribution in [3.8, 4) is 6.07 Å². The molecule has 0 amide bonds. The molecule has 8 nitrogen and oxygen atoms in total. The van der Waals surface area contributed by atoms with Crippen molar-refractivity contribution in [2.75, 3.05) is 55.6 Å². The molecule has 2 aromatic heterocycles. The van der Waals surface area contributed by atoms with Crippen LogP contribution in [-0.2, 0) is 17.7 Å². The molecule has 2 fully saturated rings. The number of fused-ring (bicyclic) bond motifs is 2.